The van der Waals surface area contributed by atoms with E-state index in [9.17, 15) is 4.79 Å². The molecule has 1 rings (SSSR count). The summed E-state index contributed by atoms with van der Waals surface area (Å²) in [6.45, 7) is 0.117. The van der Waals surface area contributed by atoms with Crippen molar-refractivity contribution in [1.29, 1.82) is 0 Å². The second-order valence-corrected chi connectivity index (χ2v) is 3.71. The summed E-state index contributed by atoms with van der Waals surface area (Å²) in [7, 11) is 2.95. The van der Waals surface area contributed by atoms with Crippen LogP contribution in [0.1, 0.15) is 0 Å². The molecule has 1 amide bonds. The Kier molecular flexibility index (Phi) is 5.21. The number of carbonyl (C=O) groups excluding carboxylic acids is 1. The van der Waals surface area contributed by atoms with E-state index in [2.05, 4.69) is 5.32 Å². The number of hydrogen-bond acceptors (Lipinski definition) is 4. The number of nitrogens with one attached hydrogen (secondary N) is 1. The average Bonchev–Trinajstić information content (AvgIpc) is 2.31. The molecule has 1 unspecified atom stereocenters. The van der Waals surface area contributed by atoms with E-state index < -0.39 is 6.10 Å². The predicted octanol–water partition coefficient (Wildman–Crippen LogP) is 1.26. The fourth-order valence-electron chi connectivity index (χ4n) is 1.28. The third kappa shape index (κ3) is 3.59. The van der Waals surface area contributed by atoms with Gasteiger partial charge in [-0.1, -0.05) is 11.6 Å². The van der Waals surface area contributed by atoms with E-state index in [0.717, 1.165) is 0 Å². The zero-order valence-corrected chi connectivity index (χ0v) is 10.5. The lowest BCUT2D eigenvalue weighted by Crippen LogP contribution is -2.35. The molecule has 6 heteroatoms. The van der Waals surface area contributed by atoms with Crippen molar-refractivity contribution in [1.82, 2.24) is 0 Å². The van der Waals surface area contributed by atoms with Crippen molar-refractivity contribution in [3.05, 3.63) is 23.2 Å². The van der Waals surface area contributed by atoms with Gasteiger partial charge in [0.05, 0.1) is 12.1 Å². The normalized spacial score (nSPS) is 12.0. The molecule has 0 heterocycles. The number of hydrogen-bond donors (Lipinski definition) is 2. The number of anilines is 1. The van der Waals surface area contributed by atoms with Crippen LogP contribution in [0, 0.1) is 0 Å². The third-order valence-corrected chi connectivity index (χ3v) is 2.51. The molecule has 1 aromatic carbocycles. The van der Waals surface area contributed by atoms with Crippen LogP contribution in [0.3, 0.4) is 0 Å². The molecule has 17 heavy (non-hydrogen) atoms. The van der Waals surface area contributed by atoms with Crippen LogP contribution in [0.4, 0.5) is 5.69 Å². The first kappa shape index (κ1) is 13.8. The Balaban J connectivity index is 2.75. The number of rotatable bonds is 5. The van der Waals surface area contributed by atoms with Crippen molar-refractivity contribution in [3.63, 3.8) is 0 Å². The van der Waals surface area contributed by atoms with Gasteiger partial charge in [-0.25, -0.2) is 0 Å². The lowest BCUT2D eigenvalue weighted by atomic mass is 10.2. The van der Waals surface area contributed by atoms with E-state index in [1.165, 1.54) is 14.2 Å². The molecule has 0 radical (unpaired) electrons. The monoisotopic (exact) mass is 258 g/mol. The predicted molar refractivity (Wildman–Crippen MR) is 66.5 cm³/mol. The van der Waals surface area contributed by atoms with Gasteiger partial charge in [0.25, 0.3) is 5.91 Å². The topological polar surface area (TPSA) is 73.6 Å². The molecule has 0 saturated heterocycles. The van der Waals surface area contributed by atoms with Crippen LogP contribution < -0.4 is 15.8 Å². The summed E-state index contributed by atoms with van der Waals surface area (Å²) in [5.74, 6) is 0.239. The third-order valence-electron chi connectivity index (χ3n) is 2.21. The summed E-state index contributed by atoms with van der Waals surface area (Å²) in [5, 5.41) is 3.08. The molecule has 0 saturated carbocycles. The lowest BCUT2D eigenvalue weighted by Gasteiger charge is -2.13. The first-order chi connectivity index (χ1) is 8.12. The number of ether oxygens (including phenoxy) is 2. The Morgan fingerprint density at radius 2 is 2.24 bits per heavy atom. The van der Waals surface area contributed by atoms with E-state index in [0.29, 0.717) is 16.5 Å². The Hall–Kier alpha value is -1.30. The summed E-state index contributed by atoms with van der Waals surface area (Å²) >= 11 is 5.93. The lowest BCUT2D eigenvalue weighted by molar-refractivity contribution is -0.125. The molecule has 0 aromatic heterocycles. The number of nitrogens with two attached hydrogens (primary N) is 1. The largest absolute Gasteiger partial charge is 0.495 e. The van der Waals surface area contributed by atoms with E-state index in [1.54, 1.807) is 18.2 Å². The van der Waals surface area contributed by atoms with Crippen molar-refractivity contribution in [2.24, 2.45) is 5.73 Å². The molecule has 94 valence electrons. The number of methoxy groups -OCH3 is 2. The molecule has 0 aliphatic carbocycles. The fraction of sp³-hybridized carbons (Fsp3) is 0.364. The van der Waals surface area contributed by atoms with E-state index in [4.69, 9.17) is 26.8 Å². The molecular weight excluding hydrogens is 244 g/mol. The van der Waals surface area contributed by atoms with Crippen LogP contribution in [0.5, 0.6) is 5.75 Å². The van der Waals surface area contributed by atoms with Crippen LogP contribution in [-0.4, -0.2) is 32.8 Å². The van der Waals surface area contributed by atoms with Crippen molar-refractivity contribution < 1.29 is 14.3 Å². The maximum absolute atomic E-state index is 11.7. The Morgan fingerprint density at radius 3 is 2.71 bits per heavy atom. The van der Waals surface area contributed by atoms with Crippen molar-refractivity contribution >= 4 is 23.2 Å². The highest BCUT2D eigenvalue weighted by Crippen LogP contribution is 2.27. The van der Waals surface area contributed by atoms with Gasteiger partial charge in [0, 0.05) is 19.3 Å². The molecule has 0 aliphatic rings. The second-order valence-electron chi connectivity index (χ2n) is 3.30. The highest BCUT2D eigenvalue weighted by atomic mass is 35.5. The standard InChI is InChI=1S/C11H15ClN2O3/c1-16-9-4-3-7(5-8(9)12)14-11(15)10(6-13)17-2/h3-5,10H,6,13H2,1-2H3,(H,14,15). The van der Waals surface area contributed by atoms with Crippen molar-refractivity contribution in [3.8, 4) is 5.75 Å². The molecule has 3 N–H and O–H groups in total. The number of amides is 1. The van der Waals surface area contributed by atoms with Gasteiger partial charge in [-0.3, -0.25) is 4.79 Å². The summed E-state index contributed by atoms with van der Waals surface area (Å²) < 4.78 is 9.92. The highest BCUT2D eigenvalue weighted by molar-refractivity contribution is 6.32. The van der Waals surface area contributed by atoms with Gasteiger partial charge < -0.3 is 20.5 Å². The molecule has 0 aliphatic heterocycles. The second kappa shape index (κ2) is 6.44. The number of carbonyl (C=O) groups is 1. The molecule has 0 bridgehead atoms. The smallest absolute Gasteiger partial charge is 0.254 e. The Labute approximate surface area is 105 Å². The fourth-order valence-corrected chi connectivity index (χ4v) is 1.53. The zero-order chi connectivity index (χ0) is 12.8. The van der Waals surface area contributed by atoms with E-state index in [1.807, 2.05) is 0 Å². The van der Waals surface area contributed by atoms with Crippen LogP contribution in [-0.2, 0) is 9.53 Å². The minimum atomic E-state index is -0.670. The first-order valence-electron chi connectivity index (χ1n) is 4.99. The van der Waals surface area contributed by atoms with Gasteiger partial charge in [0.1, 0.15) is 11.9 Å². The molecule has 1 aromatic rings. The zero-order valence-electron chi connectivity index (χ0n) is 9.70. The minimum Gasteiger partial charge on any atom is -0.495 e. The first-order valence-corrected chi connectivity index (χ1v) is 5.37. The maximum Gasteiger partial charge on any atom is 0.254 e. The molecule has 5 nitrogen and oxygen atoms in total. The maximum atomic E-state index is 11.7. The van der Waals surface area contributed by atoms with Gasteiger partial charge in [-0.2, -0.15) is 0 Å². The molecular formula is C11H15ClN2O3. The minimum absolute atomic E-state index is 0.117. The van der Waals surface area contributed by atoms with Gasteiger partial charge in [-0.15, -0.1) is 0 Å². The average molecular weight is 259 g/mol. The quantitative estimate of drug-likeness (QED) is 0.834. The van der Waals surface area contributed by atoms with Crippen molar-refractivity contribution in [2.75, 3.05) is 26.1 Å². The summed E-state index contributed by atoms with van der Waals surface area (Å²) in [5.41, 5.74) is 5.95. The summed E-state index contributed by atoms with van der Waals surface area (Å²) in [6.07, 6.45) is -0.670. The number of halogens is 1. The van der Waals surface area contributed by atoms with E-state index in [-0.39, 0.29) is 12.5 Å². The van der Waals surface area contributed by atoms with Crippen molar-refractivity contribution in [2.45, 2.75) is 6.10 Å². The van der Waals surface area contributed by atoms with Gasteiger partial charge in [-0.05, 0) is 18.2 Å². The molecule has 0 spiro atoms. The Morgan fingerprint density at radius 1 is 1.53 bits per heavy atom. The van der Waals surface area contributed by atoms with Crippen LogP contribution in [0.2, 0.25) is 5.02 Å². The van der Waals surface area contributed by atoms with E-state index >= 15 is 0 Å². The summed E-state index contributed by atoms with van der Waals surface area (Å²) in [4.78, 5) is 11.7. The highest BCUT2D eigenvalue weighted by Gasteiger charge is 2.16. The molecule has 0 fully saturated rings. The van der Waals surface area contributed by atoms with Crippen LogP contribution in [0.15, 0.2) is 18.2 Å². The van der Waals surface area contributed by atoms with Gasteiger partial charge in [0.15, 0.2) is 0 Å². The van der Waals surface area contributed by atoms with Crippen LogP contribution in [0.25, 0.3) is 0 Å². The van der Waals surface area contributed by atoms with Gasteiger partial charge >= 0.3 is 0 Å². The summed E-state index contributed by atoms with van der Waals surface area (Å²) in [6, 6.07) is 4.95. The number of benzene rings is 1. The van der Waals surface area contributed by atoms with Crippen LogP contribution >= 0.6 is 11.6 Å². The van der Waals surface area contributed by atoms with Gasteiger partial charge in [0.2, 0.25) is 0 Å². The Bertz CT molecular complexity index is 394. The molecule has 1 atom stereocenters. The SMILES string of the molecule is COc1ccc(NC(=O)C(CN)OC)cc1Cl.